The van der Waals surface area contributed by atoms with Crippen molar-refractivity contribution in [3.63, 3.8) is 0 Å². The first-order chi connectivity index (χ1) is 15.3. The molecule has 0 unspecified atom stereocenters. The maximum atomic E-state index is 10.7. The third-order valence-electron chi connectivity index (χ3n) is 6.99. The van der Waals surface area contributed by atoms with E-state index < -0.39 is 0 Å². The fourth-order valence-electron chi connectivity index (χ4n) is 4.72. The maximum absolute atomic E-state index is 10.7. The lowest BCUT2D eigenvalue weighted by atomic mass is 9.98. The monoisotopic (exact) mass is 437 g/mol. The lowest BCUT2D eigenvalue weighted by Crippen LogP contribution is -2.27. The van der Waals surface area contributed by atoms with Crippen LogP contribution in [-0.2, 0) is 9.53 Å². The molecular weight excluding hydrogens is 382 g/mol. The van der Waals surface area contributed by atoms with Crippen molar-refractivity contribution in [3.8, 4) is 0 Å². The van der Waals surface area contributed by atoms with E-state index in [1.54, 1.807) is 0 Å². The van der Waals surface area contributed by atoms with E-state index in [1.165, 1.54) is 141 Å². The van der Waals surface area contributed by atoms with Crippen molar-refractivity contribution in [3.05, 3.63) is 0 Å². The molecule has 0 saturated carbocycles. The van der Waals surface area contributed by atoms with E-state index in [4.69, 9.17) is 10.5 Å². The number of rotatable bonds is 25. The Balaban J connectivity index is 1.60. The van der Waals surface area contributed by atoms with Crippen LogP contribution < -0.4 is 5.73 Å². The molecule has 0 spiro atoms. The van der Waals surface area contributed by atoms with Gasteiger partial charge in [0.05, 0.1) is 13.2 Å². The Morgan fingerprint density at radius 1 is 0.516 bits per heavy atom. The number of carbonyl (C=O) groups is 1. The van der Waals surface area contributed by atoms with E-state index in [2.05, 4.69) is 0 Å². The molecule has 1 amide bonds. The molecule has 0 aromatic carbocycles. The topological polar surface area (TPSA) is 52.3 Å². The third kappa shape index (κ3) is 21.1. The van der Waals surface area contributed by atoms with Gasteiger partial charge in [0.1, 0.15) is 0 Å². The molecule has 1 saturated heterocycles. The first kappa shape index (κ1) is 28.5. The molecule has 0 aliphatic carbocycles. The van der Waals surface area contributed by atoms with Crippen molar-refractivity contribution >= 4 is 5.91 Å². The summed E-state index contributed by atoms with van der Waals surface area (Å²) >= 11 is 0. The van der Waals surface area contributed by atoms with Gasteiger partial charge in [0.25, 0.3) is 0 Å². The summed E-state index contributed by atoms with van der Waals surface area (Å²) in [7, 11) is 0. The quantitative estimate of drug-likeness (QED) is 0.146. The number of amides is 1. The fraction of sp³-hybridized carbons (Fsp3) is 0.964. The van der Waals surface area contributed by atoms with Crippen LogP contribution in [0.1, 0.15) is 154 Å². The average Bonchev–Trinajstić information content (AvgIpc) is 2.72. The number of carbonyl (C=O) groups excluding carboxylic acids is 1. The minimum Gasteiger partial charge on any atom is -0.381 e. The first-order valence-electron chi connectivity index (χ1n) is 14.1. The molecule has 1 aliphatic rings. The van der Waals surface area contributed by atoms with Gasteiger partial charge in [0.15, 0.2) is 0 Å². The van der Waals surface area contributed by atoms with Crippen molar-refractivity contribution in [2.45, 2.75) is 154 Å². The summed E-state index contributed by atoms with van der Waals surface area (Å²) in [5.74, 6) is 0.746. The second-order valence-corrected chi connectivity index (χ2v) is 10.2. The van der Waals surface area contributed by atoms with Crippen molar-refractivity contribution in [2.75, 3.05) is 13.2 Å². The van der Waals surface area contributed by atoms with Crippen LogP contribution in [0.15, 0.2) is 0 Å². The van der Waals surface area contributed by atoms with Gasteiger partial charge in [0.2, 0.25) is 5.91 Å². The Labute approximate surface area is 194 Å². The zero-order valence-electron chi connectivity index (χ0n) is 20.9. The highest BCUT2D eigenvalue weighted by Gasteiger charge is 2.16. The van der Waals surface area contributed by atoms with E-state index >= 15 is 0 Å². The van der Waals surface area contributed by atoms with Crippen LogP contribution in [-0.4, -0.2) is 19.1 Å². The Kier molecular flexibility index (Phi) is 20.8. The summed E-state index contributed by atoms with van der Waals surface area (Å²) in [6.45, 7) is 2.06. The summed E-state index contributed by atoms with van der Waals surface area (Å²) < 4.78 is 5.23. The lowest BCUT2D eigenvalue weighted by molar-refractivity contribution is -0.118. The highest BCUT2D eigenvalue weighted by Crippen LogP contribution is 2.19. The van der Waals surface area contributed by atoms with Crippen LogP contribution in [0.25, 0.3) is 0 Å². The summed E-state index contributed by atoms with van der Waals surface area (Å²) in [5, 5.41) is 0. The number of nitrogens with two attached hydrogens (primary N) is 1. The van der Waals surface area contributed by atoms with Crippen LogP contribution in [0.2, 0.25) is 0 Å². The lowest BCUT2D eigenvalue weighted by Gasteiger charge is -2.25. The molecule has 0 aromatic heterocycles. The molecular formula is C28H55NO2. The average molecular weight is 438 g/mol. The van der Waals surface area contributed by atoms with Gasteiger partial charge in [-0.05, 0) is 12.8 Å². The van der Waals surface area contributed by atoms with Gasteiger partial charge in [-0.1, -0.05) is 135 Å². The summed E-state index contributed by atoms with van der Waals surface area (Å²) in [6, 6.07) is 0. The normalized spacial score (nSPS) is 14.1. The van der Waals surface area contributed by atoms with Gasteiger partial charge >= 0.3 is 0 Å². The van der Waals surface area contributed by atoms with Crippen molar-refractivity contribution in [1.82, 2.24) is 0 Å². The second-order valence-electron chi connectivity index (χ2n) is 10.2. The smallest absolute Gasteiger partial charge is 0.217 e. The highest BCUT2D eigenvalue weighted by molar-refractivity contribution is 5.73. The van der Waals surface area contributed by atoms with Gasteiger partial charge in [-0.25, -0.2) is 0 Å². The van der Waals surface area contributed by atoms with Crippen LogP contribution in [0.5, 0.6) is 0 Å². The van der Waals surface area contributed by atoms with E-state index in [1.807, 2.05) is 0 Å². The molecule has 0 bridgehead atoms. The Hall–Kier alpha value is -0.570. The number of ether oxygens (including phenoxy) is 1. The standard InChI is InChI=1S/C28H55NO2/c29-28(30)24-22-20-18-16-14-12-10-8-6-4-2-1-3-5-7-9-11-13-15-17-19-21-23-27-25-31-26-27/h27H,1-26H2,(H2,29,30). The zero-order chi connectivity index (χ0) is 22.2. The molecule has 2 N–H and O–H groups in total. The Bertz CT molecular complexity index is 381. The molecule has 1 aliphatic heterocycles. The van der Waals surface area contributed by atoms with E-state index in [0.29, 0.717) is 6.42 Å². The third-order valence-corrected chi connectivity index (χ3v) is 6.99. The molecule has 0 radical (unpaired) electrons. The minimum absolute atomic E-state index is 0.150. The predicted molar refractivity (Wildman–Crippen MR) is 134 cm³/mol. The van der Waals surface area contributed by atoms with Crippen molar-refractivity contribution < 1.29 is 9.53 Å². The van der Waals surface area contributed by atoms with Gasteiger partial charge in [-0.3, -0.25) is 4.79 Å². The summed E-state index contributed by atoms with van der Waals surface area (Å²) in [6.07, 6.45) is 32.6. The number of hydrogen-bond acceptors (Lipinski definition) is 2. The molecule has 0 aromatic rings. The number of hydrogen-bond donors (Lipinski definition) is 1. The van der Waals surface area contributed by atoms with Crippen LogP contribution in [0.3, 0.4) is 0 Å². The molecule has 3 nitrogen and oxygen atoms in total. The predicted octanol–water partition coefficient (Wildman–Crippen LogP) is 8.48. The Morgan fingerprint density at radius 3 is 1.06 bits per heavy atom. The SMILES string of the molecule is NC(=O)CCCCCCCCCCCCCCCCCCCCCCCCC1COC1. The molecule has 1 heterocycles. The van der Waals surface area contributed by atoms with Crippen LogP contribution >= 0.6 is 0 Å². The Morgan fingerprint density at radius 2 is 0.806 bits per heavy atom. The van der Waals surface area contributed by atoms with Gasteiger partial charge in [0, 0.05) is 12.3 Å². The first-order valence-corrected chi connectivity index (χ1v) is 14.1. The minimum atomic E-state index is -0.150. The van der Waals surface area contributed by atoms with E-state index in [9.17, 15) is 4.79 Å². The van der Waals surface area contributed by atoms with E-state index in [0.717, 1.165) is 25.6 Å². The highest BCUT2D eigenvalue weighted by atomic mass is 16.5. The number of primary amides is 1. The molecule has 1 rings (SSSR count). The van der Waals surface area contributed by atoms with E-state index in [-0.39, 0.29) is 5.91 Å². The zero-order valence-corrected chi connectivity index (χ0v) is 20.9. The fourth-order valence-corrected chi connectivity index (χ4v) is 4.72. The largest absolute Gasteiger partial charge is 0.381 e. The van der Waals surface area contributed by atoms with Crippen LogP contribution in [0.4, 0.5) is 0 Å². The van der Waals surface area contributed by atoms with Crippen molar-refractivity contribution in [1.29, 1.82) is 0 Å². The molecule has 0 atom stereocenters. The summed E-state index contributed by atoms with van der Waals surface area (Å²) in [4.78, 5) is 10.7. The van der Waals surface area contributed by atoms with Gasteiger partial charge in [-0.15, -0.1) is 0 Å². The number of unbranched alkanes of at least 4 members (excludes halogenated alkanes) is 21. The molecule has 1 fully saturated rings. The molecule has 3 heteroatoms. The molecule has 184 valence electrons. The van der Waals surface area contributed by atoms with Gasteiger partial charge < -0.3 is 10.5 Å². The maximum Gasteiger partial charge on any atom is 0.217 e. The van der Waals surface area contributed by atoms with Crippen molar-refractivity contribution in [2.24, 2.45) is 11.7 Å². The second kappa shape index (κ2) is 22.6. The van der Waals surface area contributed by atoms with Crippen LogP contribution in [0, 0.1) is 5.92 Å². The summed E-state index contributed by atoms with van der Waals surface area (Å²) in [5.41, 5.74) is 5.15. The van der Waals surface area contributed by atoms with Gasteiger partial charge in [-0.2, -0.15) is 0 Å². The molecule has 31 heavy (non-hydrogen) atoms.